The van der Waals surface area contributed by atoms with Gasteiger partial charge in [-0.2, -0.15) is 0 Å². The molecule has 0 fully saturated rings. The quantitative estimate of drug-likeness (QED) is 0.766. The summed E-state index contributed by atoms with van der Waals surface area (Å²) in [5.74, 6) is -0.878. The van der Waals surface area contributed by atoms with E-state index in [1.807, 2.05) is 6.92 Å². The number of hydrogen-bond donors (Lipinski definition) is 0. The van der Waals surface area contributed by atoms with Crippen LogP contribution in [0.2, 0.25) is 5.02 Å². The lowest BCUT2D eigenvalue weighted by Gasteiger charge is -2.25. The smallest absolute Gasteiger partial charge is 0.355 e. The predicted octanol–water partition coefficient (Wildman–Crippen LogP) is 3.15. The van der Waals surface area contributed by atoms with Crippen molar-refractivity contribution in [2.45, 2.75) is 6.92 Å². The number of ether oxygens (including phenoxy) is 3. The van der Waals surface area contributed by atoms with Gasteiger partial charge in [0.15, 0.2) is 0 Å². The highest BCUT2D eigenvalue weighted by Crippen LogP contribution is 2.37. The number of carbonyl (C=O) groups is 2. The summed E-state index contributed by atoms with van der Waals surface area (Å²) in [7, 11) is 3.98. The van der Waals surface area contributed by atoms with Crippen LogP contribution in [0.15, 0.2) is 47.8 Å². The van der Waals surface area contributed by atoms with E-state index in [-0.39, 0.29) is 11.3 Å². The van der Waals surface area contributed by atoms with Crippen molar-refractivity contribution in [2.24, 2.45) is 0 Å². The monoisotopic (exact) mass is 363 g/mol. The third-order valence-electron chi connectivity index (χ3n) is 3.61. The number of nitrogens with zero attached hydrogens (tertiary/aromatic N) is 1. The van der Waals surface area contributed by atoms with E-state index in [1.165, 1.54) is 32.3 Å². The van der Waals surface area contributed by atoms with Crippen LogP contribution < -0.4 is 9.64 Å². The molecule has 0 bridgehead atoms. The second-order valence-electron chi connectivity index (χ2n) is 5.09. The van der Waals surface area contributed by atoms with Crippen molar-refractivity contribution in [1.82, 2.24) is 0 Å². The molecular formula is C18H18ClNO5. The van der Waals surface area contributed by atoms with E-state index < -0.39 is 11.9 Å². The number of rotatable bonds is 4. The van der Waals surface area contributed by atoms with Crippen molar-refractivity contribution in [1.29, 1.82) is 0 Å². The number of allylic oxidation sites excluding steroid dienone is 2. The van der Waals surface area contributed by atoms with Gasteiger partial charge in [-0.05, 0) is 36.8 Å². The highest BCUT2D eigenvalue weighted by Gasteiger charge is 2.29. The molecule has 0 saturated carbocycles. The molecule has 2 rings (SSSR count). The van der Waals surface area contributed by atoms with Crippen molar-refractivity contribution in [3.8, 4) is 5.75 Å². The summed E-state index contributed by atoms with van der Waals surface area (Å²) in [5.41, 5.74) is 1.35. The van der Waals surface area contributed by atoms with E-state index in [0.29, 0.717) is 16.5 Å². The topological polar surface area (TPSA) is 65.1 Å². The summed E-state index contributed by atoms with van der Waals surface area (Å²) in [6.45, 7) is 1.84. The third kappa shape index (κ3) is 3.69. The van der Waals surface area contributed by atoms with Crippen LogP contribution in [0.3, 0.4) is 0 Å². The largest absolute Gasteiger partial charge is 0.495 e. The molecule has 1 aromatic carbocycles. The molecule has 1 aliphatic rings. The summed E-state index contributed by atoms with van der Waals surface area (Å²) < 4.78 is 15.1. The Bertz CT molecular complexity index is 795. The van der Waals surface area contributed by atoms with Crippen LogP contribution in [0.4, 0.5) is 5.69 Å². The van der Waals surface area contributed by atoms with E-state index >= 15 is 0 Å². The number of hydrogen-bond acceptors (Lipinski definition) is 6. The van der Waals surface area contributed by atoms with Gasteiger partial charge in [-0.1, -0.05) is 17.7 Å². The summed E-state index contributed by atoms with van der Waals surface area (Å²) in [5, 5.41) is 0.491. The first kappa shape index (κ1) is 18.6. The zero-order valence-corrected chi connectivity index (χ0v) is 15.1. The summed E-state index contributed by atoms with van der Waals surface area (Å²) in [6, 6.07) is 3.40. The number of aryl methyl sites for hydroxylation is 1. The number of esters is 2. The molecule has 7 heteroatoms. The summed E-state index contributed by atoms with van der Waals surface area (Å²) >= 11 is 6.24. The van der Waals surface area contributed by atoms with Crippen molar-refractivity contribution in [2.75, 3.05) is 26.2 Å². The van der Waals surface area contributed by atoms with Gasteiger partial charge in [0.1, 0.15) is 11.4 Å². The first-order valence-corrected chi connectivity index (χ1v) is 7.71. The van der Waals surface area contributed by atoms with Crippen LogP contribution in [0.1, 0.15) is 5.56 Å². The van der Waals surface area contributed by atoms with Crippen molar-refractivity contribution < 1.29 is 23.8 Å². The molecular weight excluding hydrogens is 346 g/mol. The number of methoxy groups -OCH3 is 3. The minimum atomic E-state index is -0.699. The highest BCUT2D eigenvalue weighted by atomic mass is 35.5. The average Bonchev–Trinajstić information content (AvgIpc) is 2.85. The highest BCUT2D eigenvalue weighted by molar-refractivity contribution is 6.31. The first-order chi connectivity index (χ1) is 11.9. The minimum absolute atomic E-state index is 0.00225. The van der Waals surface area contributed by atoms with E-state index in [2.05, 4.69) is 0 Å². The van der Waals surface area contributed by atoms with E-state index in [9.17, 15) is 9.59 Å². The number of halogens is 1. The Kier molecular flexibility index (Phi) is 5.88. The Morgan fingerprint density at radius 3 is 2.32 bits per heavy atom. The van der Waals surface area contributed by atoms with Gasteiger partial charge in [-0.3, -0.25) is 0 Å². The van der Waals surface area contributed by atoms with Crippen LogP contribution in [0.25, 0.3) is 0 Å². The fourth-order valence-electron chi connectivity index (χ4n) is 2.35. The zero-order chi connectivity index (χ0) is 18.6. The third-order valence-corrected chi connectivity index (χ3v) is 4.02. The maximum atomic E-state index is 12.4. The van der Waals surface area contributed by atoms with Gasteiger partial charge in [0.2, 0.25) is 0 Å². The number of benzene rings is 1. The fraction of sp³-hybridized carbons (Fsp3) is 0.222. The molecule has 0 N–H and O–H groups in total. The molecule has 6 nitrogen and oxygen atoms in total. The van der Waals surface area contributed by atoms with Gasteiger partial charge >= 0.3 is 11.9 Å². The van der Waals surface area contributed by atoms with Crippen molar-refractivity contribution >= 4 is 29.2 Å². The van der Waals surface area contributed by atoms with Gasteiger partial charge in [0, 0.05) is 11.2 Å². The van der Waals surface area contributed by atoms with Crippen LogP contribution in [-0.4, -0.2) is 33.3 Å². The maximum absolute atomic E-state index is 12.4. The number of carbonyl (C=O) groups excluding carboxylic acids is 2. The molecule has 1 heterocycles. The van der Waals surface area contributed by atoms with Gasteiger partial charge in [-0.25, -0.2) is 9.59 Å². The lowest BCUT2D eigenvalue weighted by Crippen LogP contribution is -2.27. The average molecular weight is 364 g/mol. The Morgan fingerprint density at radius 1 is 1.04 bits per heavy atom. The molecule has 25 heavy (non-hydrogen) atoms. The second kappa shape index (κ2) is 7.90. The Morgan fingerprint density at radius 2 is 1.72 bits per heavy atom. The second-order valence-corrected chi connectivity index (χ2v) is 5.50. The molecule has 1 aliphatic heterocycles. The van der Waals surface area contributed by atoms with Crippen molar-refractivity contribution in [3.63, 3.8) is 0 Å². The van der Waals surface area contributed by atoms with Crippen LogP contribution in [0, 0.1) is 6.92 Å². The van der Waals surface area contributed by atoms with E-state index in [4.69, 9.17) is 25.8 Å². The van der Waals surface area contributed by atoms with Crippen LogP contribution >= 0.6 is 11.6 Å². The van der Waals surface area contributed by atoms with Gasteiger partial charge < -0.3 is 19.1 Å². The van der Waals surface area contributed by atoms with Gasteiger partial charge in [0.05, 0.1) is 32.6 Å². The molecule has 0 spiro atoms. The summed E-state index contributed by atoms with van der Waals surface area (Å²) in [4.78, 5) is 26.1. The molecule has 0 saturated heterocycles. The zero-order valence-electron chi connectivity index (χ0n) is 14.3. The normalized spacial score (nSPS) is 13.6. The van der Waals surface area contributed by atoms with Crippen LogP contribution in [0.5, 0.6) is 5.75 Å². The molecule has 0 amide bonds. The SMILES string of the molecule is COC(=O)C1=C(C(=O)OC)N(c2cc(Cl)c(C)cc2OC)C=CC=C1. The molecule has 1 aromatic rings. The van der Waals surface area contributed by atoms with E-state index in [0.717, 1.165) is 5.56 Å². The van der Waals surface area contributed by atoms with Crippen LogP contribution in [-0.2, 0) is 19.1 Å². The Balaban J connectivity index is 2.75. The molecule has 0 unspecified atom stereocenters. The maximum Gasteiger partial charge on any atom is 0.355 e. The number of anilines is 1. The molecule has 0 radical (unpaired) electrons. The van der Waals surface area contributed by atoms with Crippen molar-refractivity contribution in [3.05, 3.63) is 58.4 Å². The molecule has 0 aromatic heterocycles. The lowest BCUT2D eigenvalue weighted by atomic mass is 10.1. The first-order valence-electron chi connectivity index (χ1n) is 7.33. The van der Waals surface area contributed by atoms with Gasteiger partial charge in [0.25, 0.3) is 0 Å². The Hall–Kier alpha value is -2.73. The predicted molar refractivity (Wildman–Crippen MR) is 94.6 cm³/mol. The standard InChI is InChI=1S/C18H18ClNO5/c1-11-9-15(23-2)14(10-13(11)19)20-8-6-5-7-12(17(21)24-3)16(20)18(22)25-4/h5-10H,1-4H3. The van der Waals surface area contributed by atoms with E-state index in [1.54, 1.807) is 30.5 Å². The van der Waals surface area contributed by atoms with Gasteiger partial charge in [-0.15, -0.1) is 0 Å². The minimum Gasteiger partial charge on any atom is -0.495 e. The molecule has 132 valence electrons. The fourth-order valence-corrected chi connectivity index (χ4v) is 2.51. The summed E-state index contributed by atoms with van der Waals surface area (Å²) in [6.07, 6.45) is 6.39. The lowest BCUT2D eigenvalue weighted by molar-refractivity contribution is -0.139. The Labute approximate surface area is 150 Å². The molecule has 0 aliphatic carbocycles. The molecule has 0 atom stereocenters.